The molecule has 1 rings (SSSR count). The average Bonchev–Trinajstić information content (AvgIpc) is 1.89. The lowest BCUT2D eigenvalue weighted by Crippen LogP contribution is -2.15. The van der Waals surface area contributed by atoms with Gasteiger partial charge in [0.1, 0.15) is 0 Å². The van der Waals surface area contributed by atoms with E-state index in [0.717, 1.165) is 12.8 Å². The molecule has 0 unspecified atom stereocenters. The Morgan fingerprint density at radius 1 is 1.67 bits per heavy atom. The van der Waals surface area contributed by atoms with Gasteiger partial charge in [-0.3, -0.25) is 0 Å². The van der Waals surface area contributed by atoms with Gasteiger partial charge >= 0.3 is 5.97 Å². The van der Waals surface area contributed by atoms with Crippen LogP contribution in [0.25, 0.3) is 0 Å². The zero-order valence-corrected chi connectivity index (χ0v) is 5.66. The minimum Gasteiger partial charge on any atom is -0.462 e. The van der Waals surface area contributed by atoms with Crippen LogP contribution in [0.5, 0.6) is 0 Å². The summed E-state index contributed by atoms with van der Waals surface area (Å²) in [5.74, 6) is -0.295. The number of thiocarbonyl (C=S) groups is 1. The van der Waals surface area contributed by atoms with Crippen LogP contribution in [-0.4, -0.2) is 17.6 Å². The van der Waals surface area contributed by atoms with Crippen LogP contribution in [0.2, 0.25) is 0 Å². The first-order valence-corrected chi connectivity index (χ1v) is 3.16. The summed E-state index contributed by atoms with van der Waals surface area (Å²) in [6.45, 7) is 0.527. The van der Waals surface area contributed by atoms with Gasteiger partial charge in [0.05, 0.1) is 12.2 Å². The highest BCUT2D eigenvalue weighted by Crippen LogP contribution is 2.10. The number of carbonyl (C=O) groups is 1. The maximum absolute atomic E-state index is 10.6. The van der Waals surface area contributed by atoms with E-state index in [1.54, 1.807) is 0 Å². The number of ether oxygens (including phenoxy) is 1. The van der Waals surface area contributed by atoms with E-state index < -0.39 is 0 Å². The fourth-order valence-electron chi connectivity index (χ4n) is 0.696. The maximum atomic E-state index is 10.6. The second-order valence-electron chi connectivity index (χ2n) is 1.82. The van der Waals surface area contributed by atoms with Gasteiger partial charge < -0.3 is 4.74 Å². The minimum atomic E-state index is -0.295. The van der Waals surface area contributed by atoms with Crippen LogP contribution < -0.4 is 0 Å². The van der Waals surface area contributed by atoms with Crippen LogP contribution in [0.3, 0.4) is 0 Å². The van der Waals surface area contributed by atoms with E-state index in [1.807, 2.05) is 0 Å². The monoisotopic (exact) mass is 142 g/mol. The second kappa shape index (κ2) is 2.76. The summed E-state index contributed by atoms with van der Waals surface area (Å²) in [5.41, 5.74) is 0.510. The van der Waals surface area contributed by atoms with Crippen molar-refractivity contribution in [1.29, 1.82) is 0 Å². The van der Waals surface area contributed by atoms with Crippen molar-refractivity contribution < 1.29 is 9.53 Å². The summed E-state index contributed by atoms with van der Waals surface area (Å²) in [6.07, 6.45) is 1.60. The van der Waals surface area contributed by atoms with Crippen LogP contribution in [0.4, 0.5) is 0 Å². The molecular formula is C6H6O2S. The normalized spacial score (nSPS) is 18.7. The standard InChI is InChI=1S/C6H6O2S/c7-6-5(4-9)2-1-3-8-6/h1-3H2. The van der Waals surface area contributed by atoms with Gasteiger partial charge in [-0.1, -0.05) is 0 Å². The molecule has 0 radical (unpaired) electrons. The fourth-order valence-corrected chi connectivity index (χ4v) is 0.881. The van der Waals surface area contributed by atoms with E-state index in [0.29, 0.717) is 12.2 Å². The first-order valence-electron chi connectivity index (χ1n) is 2.75. The van der Waals surface area contributed by atoms with Crippen molar-refractivity contribution in [3.05, 3.63) is 5.57 Å². The molecule has 0 aromatic rings. The highest BCUT2D eigenvalue weighted by Gasteiger charge is 2.15. The predicted molar refractivity (Wildman–Crippen MR) is 36.3 cm³/mol. The van der Waals surface area contributed by atoms with E-state index in [-0.39, 0.29) is 5.97 Å². The summed E-state index contributed by atoms with van der Waals surface area (Å²) < 4.78 is 4.68. The van der Waals surface area contributed by atoms with Crippen LogP contribution >= 0.6 is 12.2 Å². The van der Waals surface area contributed by atoms with Crippen LogP contribution in [-0.2, 0) is 9.53 Å². The largest absolute Gasteiger partial charge is 0.462 e. The van der Waals surface area contributed by atoms with Crippen molar-refractivity contribution in [1.82, 2.24) is 0 Å². The van der Waals surface area contributed by atoms with E-state index in [2.05, 4.69) is 22.0 Å². The molecule has 0 aromatic heterocycles. The van der Waals surface area contributed by atoms with Gasteiger partial charge in [-0.25, -0.2) is 4.79 Å². The zero-order chi connectivity index (χ0) is 6.69. The Balaban J connectivity index is 2.71. The Morgan fingerprint density at radius 3 is 2.89 bits per heavy atom. The third-order valence-corrected chi connectivity index (χ3v) is 1.42. The quantitative estimate of drug-likeness (QED) is 0.285. The Hall–Kier alpha value is -0.660. The number of carbonyl (C=O) groups excluding carboxylic acids is 1. The lowest BCUT2D eigenvalue weighted by Gasteiger charge is -2.10. The summed E-state index contributed by atoms with van der Waals surface area (Å²) in [7, 11) is 0. The van der Waals surface area contributed by atoms with Crippen LogP contribution in [0, 0.1) is 0 Å². The van der Waals surface area contributed by atoms with Crippen molar-refractivity contribution in [2.45, 2.75) is 12.8 Å². The maximum Gasteiger partial charge on any atom is 0.342 e. The van der Waals surface area contributed by atoms with Crippen molar-refractivity contribution in [2.75, 3.05) is 6.61 Å². The molecule has 1 aliphatic heterocycles. The number of esters is 1. The molecule has 0 amide bonds. The highest BCUT2D eigenvalue weighted by atomic mass is 32.1. The highest BCUT2D eigenvalue weighted by molar-refractivity contribution is 7.78. The Bertz CT molecular complexity index is 179. The lowest BCUT2D eigenvalue weighted by molar-refractivity contribution is -0.141. The summed E-state index contributed by atoms with van der Waals surface area (Å²) in [6, 6.07) is 0. The van der Waals surface area contributed by atoms with E-state index >= 15 is 0 Å². The van der Waals surface area contributed by atoms with Gasteiger partial charge in [-0.2, -0.15) is 0 Å². The van der Waals surface area contributed by atoms with E-state index in [9.17, 15) is 4.79 Å². The van der Waals surface area contributed by atoms with E-state index in [1.165, 1.54) is 0 Å². The molecule has 1 heterocycles. The summed E-state index contributed by atoms with van der Waals surface area (Å²) >= 11 is 4.46. The molecule has 2 nitrogen and oxygen atoms in total. The first kappa shape index (κ1) is 6.46. The smallest absolute Gasteiger partial charge is 0.342 e. The third-order valence-electron chi connectivity index (χ3n) is 1.17. The summed E-state index contributed by atoms with van der Waals surface area (Å²) in [5, 5.41) is 2.38. The molecule has 0 aromatic carbocycles. The molecular weight excluding hydrogens is 136 g/mol. The molecule has 9 heavy (non-hydrogen) atoms. The molecule has 0 bridgehead atoms. The van der Waals surface area contributed by atoms with Crippen LogP contribution in [0.15, 0.2) is 5.57 Å². The Kier molecular flexibility index (Phi) is 1.98. The lowest BCUT2D eigenvalue weighted by atomic mass is 10.1. The molecule has 0 aliphatic carbocycles. The van der Waals surface area contributed by atoms with Crippen molar-refractivity contribution in [2.24, 2.45) is 0 Å². The Labute approximate surface area is 58.5 Å². The second-order valence-corrected chi connectivity index (χ2v) is 2.02. The van der Waals surface area contributed by atoms with Gasteiger partial charge in [0.15, 0.2) is 0 Å². The zero-order valence-electron chi connectivity index (χ0n) is 4.85. The molecule has 0 atom stereocenters. The average molecular weight is 142 g/mol. The minimum absolute atomic E-state index is 0.295. The van der Waals surface area contributed by atoms with Crippen LogP contribution in [0.1, 0.15) is 12.8 Å². The van der Waals surface area contributed by atoms with Gasteiger partial charge in [0.25, 0.3) is 0 Å². The molecule has 0 saturated carbocycles. The number of cyclic esters (lactones) is 1. The molecule has 1 fully saturated rings. The van der Waals surface area contributed by atoms with E-state index in [4.69, 9.17) is 0 Å². The molecule has 3 heteroatoms. The third kappa shape index (κ3) is 1.37. The molecule has 48 valence electrons. The van der Waals surface area contributed by atoms with Gasteiger partial charge in [0.2, 0.25) is 0 Å². The molecule has 1 saturated heterocycles. The summed E-state index contributed by atoms with van der Waals surface area (Å²) in [4.78, 5) is 10.6. The molecule has 1 aliphatic rings. The fraction of sp³-hybridized carbons (Fsp3) is 0.500. The predicted octanol–water partition coefficient (Wildman–Crippen LogP) is 0.848. The number of hydrogen-bond acceptors (Lipinski definition) is 3. The number of rotatable bonds is 0. The topological polar surface area (TPSA) is 26.3 Å². The van der Waals surface area contributed by atoms with Gasteiger partial charge in [-0.15, -0.1) is 0 Å². The van der Waals surface area contributed by atoms with Crippen molar-refractivity contribution >= 4 is 23.2 Å². The van der Waals surface area contributed by atoms with Gasteiger partial charge in [0, 0.05) is 0 Å². The van der Waals surface area contributed by atoms with Crippen molar-refractivity contribution in [3.63, 3.8) is 0 Å². The molecule has 0 N–H and O–H groups in total. The SMILES string of the molecule is O=C1OCCCC1=C=S. The Morgan fingerprint density at radius 2 is 2.44 bits per heavy atom. The first-order chi connectivity index (χ1) is 4.34. The van der Waals surface area contributed by atoms with Crippen molar-refractivity contribution in [3.8, 4) is 0 Å². The van der Waals surface area contributed by atoms with Gasteiger partial charge in [-0.05, 0) is 30.1 Å². The number of hydrogen-bond donors (Lipinski definition) is 0. The molecule has 0 spiro atoms.